The summed E-state index contributed by atoms with van der Waals surface area (Å²) >= 11 is 0. The molecule has 0 aliphatic carbocycles. The number of rotatable bonds is 6. The van der Waals surface area contributed by atoms with Crippen LogP contribution in [0.5, 0.6) is 0 Å². The quantitative estimate of drug-likeness (QED) is 0.822. The van der Waals surface area contributed by atoms with Crippen molar-refractivity contribution in [1.29, 1.82) is 0 Å². The summed E-state index contributed by atoms with van der Waals surface area (Å²) in [5, 5.41) is 2.85. The molecule has 0 aromatic heterocycles. The minimum absolute atomic E-state index is 0.0605. The molecule has 1 N–H and O–H groups in total. The fourth-order valence-corrected chi connectivity index (χ4v) is 2.26. The van der Waals surface area contributed by atoms with Crippen molar-refractivity contribution in [2.45, 2.75) is 53.5 Å². The SMILES string of the molecule is CCOC(=O)C(C)(NC(=O)Cc1ccc(C)cc1C)C(C)C. The minimum Gasteiger partial charge on any atom is -0.464 e. The molecule has 1 aromatic carbocycles. The van der Waals surface area contributed by atoms with Crippen LogP contribution in [0, 0.1) is 19.8 Å². The van der Waals surface area contributed by atoms with E-state index in [1.54, 1.807) is 13.8 Å². The molecule has 1 rings (SSSR count). The van der Waals surface area contributed by atoms with Crippen molar-refractivity contribution in [2.75, 3.05) is 6.61 Å². The molecule has 1 amide bonds. The van der Waals surface area contributed by atoms with Crippen LogP contribution in [0.25, 0.3) is 0 Å². The van der Waals surface area contributed by atoms with Crippen molar-refractivity contribution in [3.8, 4) is 0 Å². The summed E-state index contributed by atoms with van der Waals surface area (Å²) in [4.78, 5) is 24.5. The Morgan fingerprint density at radius 2 is 1.91 bits per heavy atom. The van der Waals surface area contributed by atoms with E-state index in [1.165, 1.54) is 5.56 Å². The van der Waals surface area contributed by atoms with Gasteiger partial charge in [-0.15, -0.1) is 0 Å². The van der Waals surface area contributed by atoms with Crippen LogP contribution in [0.2, 0.25) is 0 Å². The summed E-state index contributed by atoms with van der Waals surface area (Å²) in [5.41, 5.74) is 2.21. The molecule has 0 fully saturated rings. The van der Waals surface area contributed by atoms with E-state index in [-0.39, 0.29) is 24.2 Å². The lowest BCUT2D eigenvalue weighted by Crippen LogP contribution is -2.57. The highest BCUT2D eigenvalue weighted by molar-refractivity contribution is 5.89. The zero-order chi connectivity index (χ0) is 16.9. The topological polar surface area (TPSA) is 55.4 Å². The Morgan fingerprint density at radius 1 is 1.27 bits per heavy atom. The molecule has 1 unspecified atom stereocenters. The fourth-order valence-electron chi connectivity index (χ4n) is 2.26. The van der Waals surface area contributed by atoms with Crippen LogP contribution in [0.3, 0.4) is 0 Å². The van der Waals surface area contributed by atoms with Crippen molar-refractivity contribution in [3.63, 3.8) is 0 Å². The lowest BCUT2D eigenvalue weighted by atomic mass is 9.88. The summed E-state index contributed by atoms with van der Waals surface area (Å²) in [6, 6.07) is 6.00. The van der Waals surface area contributed by atoms with Gasteiger partial charge < -0.3 is 10.1 Å². The third-order valence-corrected chi connectivity index (χ3v) is 4.10. The van der Waals surface area contributed by atoms with E-state index in [0.717, 1.165) is 11.1 Å². The molecule has 122 valence electrons. The highest BCUT2D eigenvalue weighted by Crippen LogP contribution is 2.19. The molecule has 1 aromatic rings. The van der Waals surface area contributed by atoms with E-state index < -0.39 is 5.54 Å². The number of benzene rings is 1. The van der Waals surface area contributed by atoms with Crippen LogP contribution < -0.4 is 5.32 Å². The molecule has 1 atom stereocenters. The van der Waals surface area contributed by atoms with Gasteiger partial charge in [0.05, 0.1) is 13.0 Å². The number of carbonyl (C=O) groups is 2. The zero-order valence-corrected chi connectivity index (χ0v) is 14.4. The molecule has 4 nitrogen and oxygen atoms in total. The van der Waals surface area contributed by atoms with Gasteiger partial charge in [-0.3, -0.25) is 4.79 Å². The third kappa shape index (κ3) is 4.33. The molecule has 0 saturated heterocycles. The Morgan fingerprint density at radius 3 is 2.41 bits per heavy atom. The monoisotopic (exact) mass is 305 g/mol. The average molecular weight is 305 g/mol. The van der Waals surface area contributed by atoms with E-state index in [0.29, 0.717) is 6.61 Å². The zero-order valence-electron chi connectivity index (χ0n) is 14.4. The van der Waals surface area contributed by atoms with Crippen LogP contribution in [-0.2, 0) is 20.7 Å². The highest BCUT2D eigenvalue weighted by atomic mass is 16.5. The van der Waals surface area contributed by atoms with Crippen LogP contribution in [0.15, 0.2) is 18.2 Å². The molecule has 0 aliphatic rings. The number of carbonyl (C=O) groups excluding carboxylic acids is 2. The van der Waals surface area contributed by atoms with Gasteiger partial charge in [-0.05, 0) is 44.7 Å². The van der Waals surface area contributed by atoms with Crippen molar-refractivity contribution < 1.29 is 14.3 Å². The molecule has 0 bridgehead atoms. The van der Waals surface area contributed by atoms with E-state index in [2.05, 4.69) is 11.4 Å². The average Bonchev–Trinajstić information content (AvgIpc) is 2.41. The van der Waals surface area contributed by atoms with Crippen molar-refractivity contribution in [1.82, 2.24) is 5.32 Å². The van der Waals surface area contributed by atoms with Gasteiger partial charge in [0.15, 0.2) is 0 Å². The summed E-state index contributed by atoms with van der Waals surface area (Å²) in [5.74, 6) is -0.621. The second kappa shape index (κ2) is 7.43. The standard InChI is InChI=1S/C18H27NO3/c1-7-22-17(21)18(6,12(2)3)19-16(20)11-15-9-8-13(4)10-14(15)5/h8-10,12H,7,11H2,1-6H3,(H,19,20). The smallest absolute Gasteiger partial charge is 0.331 e. The maximum absolute atomic E-state index is 12.4. The van der Waals surface area contributed by atoms with Crippen LogP contribution in [0.4, 0.5) is 0 Å². The third-order valence-electron chi connectivity index (χ3n) is 4.10. The number of hydrogen-bond acceptors (Lipinski definition) is 3. The summed E-state index contributed by atoms with van der Waals surface area (Å²) in [6.07, 6.45) is 0.258. The van der Waals surface area contributed by atoms with Crippen molar-refractivity contribution in [2.24, 2.45) is 5.92 Å². The molecular weight excluding hydrogens is 278 g/mol. The lowest BCUT2D eigenvalue weighted by Gasteiger charge is -2.32. The van der Waals surface area contributed by atoms with Gasteiger partial charge in [0, 0.05) is 0 Å². The first-order valence-corrected chi connectivity index (χ1v) is 7.75. The molecule has 0 aliphatic heterocycles. The maximum Gasteiger partial charge on any atom is 0.331 e. The molecule has 0 heterocycles. The normalized spacial score (nSPS) is 13.6. The molecule has 0 radical (unpaired) electrons. The van der Waals surface area contributed by atoms with Gasteiger partial charge in [0.2, 0.25) is 5.91 Å². The van der Waals surface area contributed by atoms with Gasteiger partial charge in [0.25, 0.3) is 0 Å². The van der Waals surface area contributed by atoms with Crippen molar-refractivity contribution >= 4 is 11.9 Å². The Labute approximate surface area is 133 Å². The predicted molar refractivity (Wildman–Crippen MR) is 87.6 cm³/mol. The van der Waals surface area contributed by atoms with Crippen LogP contribution in [0.1, 0.15) is 44.4 Å². The number of aryl methyl sites for hydroxylation is 2. The number of hydrogen-bond donors (Lipinski definition) is 1. The first-order valence-electron chi connectivity index (χ1n) is 7.75. The van der Waals surface area contributed by atoms with Gasteiger partial charge in [-0.25, -0.2) is 4.79 Å². The molecule has 0 spiro atoms. The maximum atomic E-state index is 12.4. The number of ether oxygens (including phenoxy) is 1. The lowest BCUT2D eigenvalue weighted by molar-refractivity contribution is -0.154. The fraction of sp³-hybridized carbons (Fsp3) is 0.556. The van der Waals surface area contributed by atoms with E-state index in [9.17, 15) is 9.59 Å². The molecule has 4 heteroatoms. The number of nitrogens with one attached hydrogen (secondary N) is 1. The molecule has 22 heavy (non-hydrogen) atoms. The number of amides is 1. The first kappa shape index (κ1) is 18.2. The summed E-state index contributed by atoms with van der Waals surface area (Å²) in [7, 11) is 0. The van der Waals surface area contributed by atoms with Gasteiger partial charge in [0.1, 0.15) is 5.54 Å². The summed E-state index contributed by atoms with van der Waals surface area (Å²) in [6.45, 7) is 11.6. The van der Waals surface area contributed by atoms with E-state index in [1.807, 2.05) is 39.8 Å². The highest BCUT2D eigenvalue weighted by Gasteiger charge is 2.39. The number of esters is 1. The molecule has 0 saturated carbocycles. The van der Waals surface area contributed by atoms with Crippen LogP contribution >= 0.6 is 0 Å². The second-order valence-electron chi connectivity index (χ2n) is 6.23. The van der Waals surface area contributed by atoms with Gasteiger partial charge >= 0.3 is 5.97 Å². The summed E-state index contributed by atoms with van der Waals surface area (Å²) < 4.78 is 5.11. The van der Waals surface area contributed by atoms with Crippen molar-refractivity contribution in [3.05, 3.63) is 34.9 Å². The van der Waals surface area contributed by atoms with E-state index in [4.69, 9.17) is 4.74 Å². The van der Waals surface area contributed by atoms with Gasteiger partial charge in [-0.1, -0.05) is 37.6 Å². The largest absolute Gasteiger partial charge is 0.464 e. The van der Waals surface area contributed by atoms with E-state index >= 15 is 0 Å². The Kier molecular flexibility index (Phi) is 6.15. The Bertz CT molecular complexity index is 551. The Hall–Kier alpha value is -1.84. The second-order valence-corrected chi connectivity index (χ2v) is 6.23. The first-order chi connectivity index (χ1) is 10.2. The molecular formula is C18H27NO3. The Balaban J connectivity index is 2.86. The van der Waals surface area contributed by atoms with Crippen LogP contribution in [-0.4, -0.2) is 24.0 Å². The van der Waals surface area contributed by atoms with Gasteiger partial charge in [-0.2, -0.15) is 0 Å². The minimum atomic E-state index is -1.01. The predicted octanol–water partition coefficient (Wildman–Crippen LogP) is 2.94.